The summed E-state index contributed by atoms with van der Waals surface area (Å²) in [5, 5.41) is 6.41. The van der Waals surface area contributed by atoms with Crippen LogP contribution in [0, 0.1) is 5.92 Å². The summed E-state index contributed by atoms with van der Waals surface area (Å²) in [6, 6.07) is 8.34. The number of rotatable bonds is 7. The van der Waals surface area contributed by atoms with E-state index in [2.05, 4.69) is 42.7 Å². The number of amides is 1. The molecule has 0 radical (unpaired) electrons. The summed E-state index contributed by atoms with van der Waals surface area (Å²) in [5.74, 6) is 0.356. The maximum absolute atomic E-state index is 12.4. The molecule has 1 aliphatic carbocycles. The van der Waals surface area contributed by atoms with E-state index in [0.29, 0.717) is 11.0 Å². The van der Waals surface area contributed by atoms with Crippen LogP contribution in [0.4, 0.5) is 0 Å². The molecule has 1 aliphatic rings. The monoisotopic (exact) mass is 372 g/mol. The lowest BCUT2D eigenvalue weighted by Gasteiger charge is -2.16. The largest absolute Gasteiger partial charge is 0.362 e. The first kappa shape index (κ1) is 20.6. The van der Waals surface area contributed by atoms with Crippen molar-refractivity contribution in [3.63, 3.8) is 0 Å². The molecular weight excluding hydrogens is 340 g/mol. The molecule has 0 aliphatic heterocycles. The van der Waals surface area contributed by atoms with E-state index in [0.717, 1.165) is 24.9 Å². The Morgan fingerprint density at radius 1 is 1.15 bits per heavy atom. The average molecular weight is 373 g/mol. The van der Waals surface area contributed by atoms with E-state index in [9.17, 15) is 4.79 Å². The minimum atomic E-state index is -0.219. The number of thiocarbonyl (C=S) groups is 1. The molecule has 0 aromatic heterocycles. The molecule has 0 fully saturated rings. The zero-order chi connectivity index (χ0) is 18.9. The van der Waals surface area contributed by atoms with E-state index in [-0.39, 0.29) is 11.8 Å². The molecule has 4 heteroatoms. The molecule has 0 spiro atoms. The first-order valence-corrected chi connectivity index (χ1v) is 10.2. The predicted octanol–water partition coefficient (Wildman–Crippen LogP) is 4.87. The number of hydrogen-bond donors (Lipinski definition) is 2. The zero-order valence-corrected chi connectivity index (χ0v) is 17.1. The van der Waals surface area contributed by atoms with Crippen LogP contribution in [0.25, 0.3) is 0 Å². The Bertz CT molecular complexity index is 634. The molecule has 0 bridgehead atoms. The Kier molecular flexibility index (Phi) is 8.30. The SMILES string of the molecule is CC(C)Cc1ccc(C(C)C(=O)NC(=S)NCCC2=CCCCC2)cc1. The Morgan fingerprint density at radius 2 is 1.88 bits per heavy atom. The summed E-state index contributed by atoms with van der Waals surface area (Å²) in [7, 11) is 0. The van der Waals surface area contributed by atoms with Crippen LogP contribution in [0.1, 0.15) is 69.9 Å². The van der Waals surface area contributed by atoms with Crippen molar-refractivity contribution in [2.75, 3.05) is 6.54 Å². The Hall–Kier alpha value is -1.68. The van der Waals surface area contributed by atoms with Crippen molar-refractivity contribution in [3.05, 3.63) is 47.0 Å². The normalized spacial score (nSPS) is 15.3. The van der Waals surface area contributed by atoms with Crippen molar-refractivity contribution in [1.82, 2.24) is 10.6 Å². The van der Waals surface area contributed by atoms with Crippen LogP contribution in [-0.2, 0) is 11.2 Å². The molecule has 1 atom stereocenters. The van der Waals surface area contributed by atoms with E-state index in [1.54, 1.807) is 0 Å². The minimum Gasteiger partial charge on any atom is -0.362 e. The van der Waals surface area contributed by atoms with Gasteiger partial charge in [0.2, 0.25) is 5.91 Å². The minimum absolute atomic E-state index is 0.0593. The smallest absolute Gasteiger partial charge is 0.233 e. The number of benzene rings is 1. The fourth-order valence-corrected chi connectivity index (χ4v) is 3.50. The highest BCUT2D eigenvalue weighted by Gasteiger charge is 2.16. The molecular formula is C22H32N2OS. The van der Waals surface area contributed by atoms with Crippen LogP contribution in [0.15, 0.2) is 35.9 Å². The molecule has 26 heavy (non-hydrogen) atoms. The Morgan fingerprint density at radius 3 is 2.50 bits per heavy atom. The maximum Gasteiger partial charge on any atom is 0.233 e. The van der Waals surface area contributed by atoms with E-state index in [1.165, 1.54) is 36.8 Å². The lowest BCUT2D eigenvalue weighted by molar-refractivity contribution is -0.120. The van der Waals surface area contributed by atoms with E-state index in [1.807, 2.05) is 19.1 Å². The molecule has 142 valence electrons. The Balaban J connectivity index is 1.76. The second-order valence-electron chi connectivity index (χ2n) is 7.66. The van der Waals surface area contributed by atoms with Gasteiger partial charge >= 0.3 is 0 Å². The van der Waals surface area contributed by atoms with E-state index in [4.69, 9.17) is 12.2 Å². The molecule has 0 saturated carbocycles. The van der Waals surface area contributed by atoms with Gasteiger partial charge < -0.3 is 10.6 Å². The van der Waals surface area contributed by atoms with Gasteiger partial charge in [-0.1, -0.05) is 49.8 Å². The predicted molar refractivity (Wildman–Crippen MR) is 113 cm³/mol. The van der Waals surface area contributed by atoms with Crippen molar-refractivity contribution in [1.29, 1.82) is 0 Å². The number of carbonyl (C=O) groups is 1. The molecule has 1 aromatic rings. The molecule has 2 rings (SSSR count). The van der Waals surface area contributed by atoms with Gasteiger partial charge in [-0.2, -0.15) is 0 Å². The summed E-state index contributed by atoms with van der Waals surface area (Å²) in [6.45, 7) is 7.12. The fraction of sp³-hybridized carbons (Fsp3) is 0.545. The third kappa shape index (κ3) is 6.91. The van der Waals surface area contributed by atoms with Crippen molar-refractivity contribution in [2.45, 2.75) is 65.2 Å². The van der Waals surface area contributed by atoms with Gasteiger partial charge in [-0.3, -0.25) is 4.79 Å². The number of hydrogen-bond acceptors (Lipinski definition) is 2. The summed E-state index contributed by atoms with van der Waals surface area (Å²) >= 11 is 5.27. The van der Waals surface area contributed by atoms with Gasteiger partial charge in [0.05, 0.1) is 5.92 Å². The van der Waals surface area contributed by atoms with Crippen LogP contribution in [0.2, 0.25) is 0 Å². The lowest BCUT2D eigenvalue weighted by atomic mass is 9.96. The van der Waals surface area contributed by atoms with Crippen molar-refractivity contribution < 1.29 is 4.79 Å². The van der Waals surface area contributed by atoms with Crippen molar-refractivity contribution in [3.8, 4) is 0 Å². The highest BCUT2D eigenvalue weighted by molar-refractivity contribution is 7.80. The van der Waals surface area contributed by atoms with Gasteiger partial charge in [-0.05, 0) is 74.7 Å². The standard InChI is InChI=1S/C22H32N2OS/c1-16(2)15-19-9-11-20(12-10-19)17(3)21(25)24-22(26)23-14-13-18-7-5-4-6-8-18/h7,9-12,16-17H,4-6,8,13-15H2,1-3H3,(H2,23,24,25,26). The molecule has 0 heterocycles. The van der Waals surface area contributed by atoms with Gasteiger partial charge in [-0.15, -0.1) is 0 Å². The Labute approximate surface area is 163 Å². The van der Waals surface area contributed by atoms with Gasteiger partial charge in [0.25, 0.3) is 0 Å². The number of nitrogens with one attached hydrogen (secondary N) is 2. The lowest BCUT2D eigenvalue weighted by Crippen LogP contribution is -2.41. The molecule has 2 N–H and O–H groups in total. The topological polar surface area (TPSA) is 41.1 Å². The van der Waals surface area contributed by atoms with Gasteiger partial charge in [0.1, 0.15) is 0 Å². The van der Waals surface area contributed by atoms with Crippen molar-refractivity contribution >= 4 is 23.2 Å². The molecule has 1 amide bonds. The van der Waals surface area contributed by atoms with Gasteiger partial charge in [-0.25, -0.2) is 0 Å². The van der Waals surface area contributed by atoms with Gasteiger partial charge in [0, 0.05) is 6.54 Å². The van der Waals surface area contributed by atoms with Crippen LogP contribution in [0.5, 0.6) is 0 Å². The summed E-state index contributed by atoms with van der Waals surface area (Å²) in [4.78, 5) is 12.4. The highest BCUT2D eigenvalue weighted by Crippen LogP contribution is 2.19. The molecule has 1 aromatic carbocycles. The molecule has 3 nitrogen and oxygen atoms in total. The van der Waals surface area contributed by atoms with Crippen LogP contribution < -0.4 is 10.6 Å². The first-order valence-electron chi connectivity index (χ1n) is 9.81. The van der Waals surface area contributed by atoms with E-state index >= 15 is 0 Å². The fourth-order valence-electron chi connectivity index (χ4n) is 3.30. The zero-order valence-electron chi connectivity index (χ0n) is 16.3. The summed E-state index contributed by atoms with van der Waals surface area (Å²) in [6.07, 6.45) is 9.41. The third-order valence-corrected chi connectivity index (χ3v) is 5.12. The summed E-state index contributed by atoms with van der Waals surface area (Å²) < 4.78 is 0. The quantitative estimate of drug-likeness (QED) is 0.530. The second-order valence-corrected chi connectivity index (χ2v) is 8.07. The van der Waals surface area contributed by atoms with Crippen molar-refractivity contribution in [2.24, 2.45) is 5.92 Å². The highest BCUT2D eigenvalue weighted by atomic mass is 32.1. The van der Waals surface area contributed by atoms with Gasteiger partial charge in [0.15, 0.2) is 5.11 Å². The first-order chi connectivity index (χ1) is 12.5. The van der Waals surface area contributed by atoms with Crippen LogP contribution >= 0.6 is 12.2 Å². The van der Waals surface area contributed by atoms with Crippen LogP contribution in [-0.4, -0.2) is 17.6 Å². The summed E-state index contributed by atoms with van der Waals surface area (Å²) in [5.41, 5.74) is 3.84. The van der Waals surface area contributed by atoms with Crippen LogP contribution in [0.3, 0.4) is 0 Å². The molecule has 1 unspecified atom stereocenters. The average Bonchev–Trinajstić information content (AvgIpc) is 2.62. The third-order valence-electron chi connectivity index (χ3n) is 4.87. The molecule has 0 saturated heterocycles. The van der Waals surface area contributed by atoms with E-state index < -0.39 is 0 Å². The number of allylic oxidation sites excluding steroid dienone is 1. The number of carbonyl (C=O) groups excluding carboxylic acids is 1. The second kappa shape index (κ2) is 10.5. The maximum atomic E-state index is 12.4.